The fourth-order valence-electron chi connectivity index (χ4n) is 3.33. The summed E-state index contributed by atoms with van der Waals surface area (Å²) in [4.78, 5) is 0. The van der Waals surface area contributed by atoms with Crippen molar-refractivity contribution in [2.45, 2.75) is 22.8 Å². The van der Waals surface area contributed by atoms with Crippen LogP contribution in [0, 0.1) is 23.7 Å². The topological polar surface area (TPSA) is 0 Å². The van der Waals surface area contributed by atoms with Crippen molar-refractivity contribution in [3.8, 4) is 0 Å². The number of thioether (sulfide) groups is 1. The second kappa shape index (κ2) is 2.11. The Bertz CT molecular complexity index is 214. The Balaban J connectivity index is 1.73. The lowest BCUT2D eigenvalue weighted by Crippen LogP contribution is -2.14. The molecule has 0 nitrogen and oxygen atoms in total. The number of rotatable bonds is 2. The predicted octanol–water partition coefficient (Wildman–Crippen LogP) is 3.16. The molecule has 3 unspecified atom stereocenters. The quantitative estimate of drug-likeness (QED) is 0.631. The summed E-state index contributed by atoms with van der Waals surface area (Å²) in [7, 11) is 0. The van der Waals surface area contributed by atoms with Crippen LogP contribution < -0.4 is 0 Å². The van der Waals surface area contributed by atoms with E-state index in [4.69, 9.17) is 11.6 Å². The molecule has 0 aromatic rings. The van der Waals surface area contributed by atoms with Crippen LogP contribution in [-0.4, -0.2) is 9.96 Å². The maximum Gasteiger partial charge on any atom is 0.371 e. The zero-order valence-corrected chi connectivity index (χ0v) is 7.92. The summed E-state index contributed by atoms with van der Waals surface area (Å²) in [5, 5.41) is 0.174. The van der Waals surface area contributed by atoms with Gasteiger partial charge in [-0.15, -0.1) is 0 Å². The zero-order chi connectivity index (χ0) is 8.51. The molecule has 4 rings (SSSR count). The smallest absolute Gasteiger partial charge is 0.177 e. The van der Waals surface area contributed by atoms with Crippen molar-refractivity contribution in [2.75, 3.05) is 0 Å². The van der Waals surface area contributed by atoms with Crippen LogP contribution >= 0.6 is 23.4 Å². The molecule has 4 bridgehead atoms. The second-order valence-corrected chi connectivity index (χ2v) is 6.16. The summed E-state index contributed by atoms with van der Waals surface area (Å²) in [5.41, 5.74) is 0. The van der Waals surface area contributed by atoms with E-state index in [0.29, 0.717) is 23.6 Å². The highest BCUT2D eigenvalue weighted by atomic mass is 35.5. The van der Waals surface area contributed by atoms with Gasteiger partial charge in [0.2, 0.25) is 0 Å². The normalized spacial score (nSPS) is 54.8. The van der Waals surface area contributed by atoms with Gasteiger partial charge in [-0.1, -0.05) is 11.8 Å². The van der Waals surface area contributed by atoms with Crippen LogP contribution in [0.2, 0.25) is 0 Å². The number of hydrogen-bond donors (Lipinski definition) is 0. The van der Waals surface area contributed by atoms with Crippen LogP contribution in [-0.2, 0) is 0 Å². The highest BCUT2D eigenvalue weighted by Gasteiger charge is 2.69. The third-order valence-corrected chi connectivity index (χ3v) is 5.17. The fraction of sp³-hybridized carbons (Fsp3) is 1.00. The van der Waals surface area contributed by atoms with E-state index in [1.54, 1.807) is 0 Å². The molecular formula is C8H9ClF2S. The minimum atomic E-state index is -3.03. The summed E-state index contributed by atoms with van der Waals surface area (Å²) in [5.74, 6) is 2.75. The van der Waals surface area contributed by atoms with Crippen molar-refractivity contribution in [2.24, 2.45) is 23.7 Å². The van der Waals surface area contributed by atoms with E-state index in [-0.39, 0.29) is 5.25 Å². The van der Waals surface area contributed by atoms with Gasteiger partial charge in [0.15, 0.2) is 0 Å². The molecule has 0 amide bonds. The lowest BCUT2D eigenvalue weighted by molar-refractivity contribution is 0.201. The molecule has 4 fully saturated rings. The Kier molecular flexibility index (Phi) is 1.38. The van der Waals surface area contributed by atoms with Crippen LogP contribution in [0.5, 0.6) is 0 Å². The first-order valence-corrected chi connectivity index (χ1v) is 5.56. The molecule has 0 aromatic carbocycles. The predicted molar refractivity (Wildman–Crippen MR) is 45.4 cm³/mol. The fourth-order valence-corrected chi connectivity index (χ4v) is 4.93. The van der Waals surface area contributed by atoms with Gasteiger partial charge in [0.1, 0.15) is 0 Å². The molecule has 12 heavy (non-hydrogen) atoms. The highest BCUT2D eigenvalue weighted by Crippen LogP contribution is 2.74. The van der Waals surface area contributed by atoms with E-state index in [2.05, 4.69) is 0 Å². The van der Waals surface area contributed by atoms with Crippen molar-refractivity contribution < 1.29 is 8.78 Å². The average Bonchev–Trinajstić information content (AvgIpc) is 2.31. The SMILES string of the molecule is FC(F)(Cl)SC1C2CC3C(C2)C31. The number of alkyl halides is 3. The summed E-state index contributed by atoms with van der Waals surface area (Å²) in [6, 6.07) is 0. The second-order valence-electron chi connectivity index (χ2n) is 4.16. The molecule has 0 radical (unpaired) electrons. The van der Waals surface area contributed by atoms with Crippen molar-refractivity contribution in [3.05, 3.63) is 0 Å². The highest BCUT2D eigenvalue weighted by molar-refractivity contribution is 8.02. The first kappa shape index (κ1) is 7.86. The first-order valence-electron chi connectivity index (χ1n) is 4.31. The average molecular weight is 211 g/mol. The van der Waals surface area contributed by atoms with E-state index >= 15 is 0 Å². The van der Waals surface area contributed by atoms with E-state index < -0.39 is 4.71 Å². The van der Waals surface area contributed by atoms with Gasteiger partial charge >= 0.3 is 4.71 Å². The largest absolute Gasteiger partial charge is 0.371 e. The molecule has 0 saturated heterocycles. The van der Waals surface area contributed by atoms with E-state index in [1.807, 2.05) is 0 Å². The van der Waals surface area contributed by atoms with Gasteiger partial charge in [0.05, 0.1) is 0 Å². The van der Waals surface area contributed by atoms with Gasteiger partial charge in [-0.3, -0.25) is 0 Å². The van der Waals surface area contributed by atoms with Crippen LogP contribution in [0.4, 0.5) is 8.78 Å². The number of halogens is 3. The van der Waals surface area contributed by atoms with Gasteiger partial charge in [0.25, 0.3) is 0 Å². The van der Waals surface area contributed by atoms with Crippen molar-refractivity contribution in [1.29, 1.82) is 0 Å². The minimum absolute atomic E-state index is 0.174. The van der Waals surface area contributed by atoms with Gasteiger partial charge in [-0.25, -0.2) is 0 Å². The molecule has 4 aliphatic carbocycles. The molecule has 0 N–H and O–H groups in total. The van der Waals surface area contributed by atoms with Crippen molar-refractivity contribution in [3.63, 3.8) is 0 Å². The molecule has 4 saturated carbocycles. The summed E-state index contributed by atoms with van der Waals surface area (Å²) in [6.45, 7) is 0. The monoisotopic (exact) mass is 210 g/mol. The summed E-state index contributed by atoms with van der Waals surface area (Å²) in [6.07, 6.45) is 2.39. The molecule has 4 heteroatoms. The summed E-state index contributed by atoms with van der Waals surface area (Å²) < 4.78 is 21.9. The van der Waals surface area contributed by atoms with Crippen LogP contribution in [0.15, 0.2) is 0 Å². The van der Waals surface area contributed by atoms with Crippen LogP contribution in [0.3, 0.4) is 0 Å². The maximum absolute atomic E-state index is 12.5. The number of hydrogen-bond acceptors (Lipinski definition) is 1. The van der Waals surface area contributed by atoms with Gasteiger partial charge in [-0.2, -0.15) is 8.78 Å². The molecule has 0 heterocycles. The maximum atomic E-state index is 12.5. The molecule has 4 aliphatic rings. The molecule has 0 aromatic heterocycles. The lowest BCUT2D eigenvalue weighted by Gasteiger charge is -2.16. The molecule has 0 aliphatic heterocycles. The Morgan fingerprint density at radius 2 is 1.83 bits per heavy atom. The standard InChI is InChI=1S/C8H9ClF2S/c9-8(10,11)12-7-3-1-4-5(2-3)6(4)7/h3-7H,1-2H2. The van der Waals surface area contributed by atoms with Gasteiger partial charge in [-0.05, 0) is 48.1 Å². The Morgan fingerprint density at radius 3 is 2.17 bits per heavy atom. The minimum Gasteiger partial charge on any atom is -0.177 e. The van der Waals surface area contributed by atoms with Gasteiger partial charge in [0, 0.05) is 5.25 Å². The zero-order valence-electron chi connectivity index (χ0n) is 6.34. The Hall–Kier alpha value is 0.500. The molecule has 0 spiro atoms. The van der Waals surface area contributed by atoms with E-state index in [1.165, 1.54) is 12.8 Å². The Morgan fingerprint density at radius 1 is 1.25 bits per heavy atom. The van der Waals surface area contributed by atoms with E-state index in [0.717, 1.165) is 11.8 Å². The first-order chi connectivity index (χ1) is 5.56. The van der Waals surface area contributed by atoms with Crippen LogP contribution in [0.25, 0.3) is 0 Å². The van der Waals surface area contributed by atoms with E-state index in [9.17, 15) is 8.78 Å². The van der Waals surface area contributed by atoms with Crippen LogP contribution in [0.1, 0.15) is 12.8 Å². The molecule has 68 valence electrons. The summed E-state index contributed by atoms with van der Waals surface area (Å²) >= 11 is 5.61. The Labute approximate surface area is 79.0 Å². The molecular weight excluding hydrogens is 202 g/mol. The molecule has 3 atom stereocenters. The lowest BCUT2D eigenvalue weighted by atomic mass is 10.1. The van der Waals surface area contributed by atoms with Crippen molar-refractivity contribution in [1.82, 2.24) is 0 Å². The van der Waals surface area contributed by atoms with Gasteiger partial charge < -0.3 is 0 Å². The van der Waals surface area contributed by atoms with Crippen molar-refractivity contribution >= 4 is 23.4 Å². The third kappa shape index (κ3) is 0.955. The third-order valence-electron chi connectivity index (χ3n) is 3.66.